The van der Waals surface area contributed by atoms with Crippen molar-refractivity contribution in [3.63, 3.8) is 0 Å². The highest BCUT2D eigenvalue weighted by atomic mass is 19.4. The number of rotatable bonds is 6. The van der Waals surface area contributed by atoms with Crippen molar-refractivity contribution in [2.75, 3.05) is 0 Å². The van der Waals surface area contributed by atoms with E-state index in [9.17, 15) is 33.0 Å². The topological polar surface area (TPSA) is 74.6 Å². The van der Waals surface area contributed by atoms with Gasteiger partial charge in [0.25, 0.3) is 0 Å². The molecule has 3 atom stereocenters. The van der Waals surface area contributed by atoms with E-state index < -0.39 is 46.2 Å². The Balaban J connectivity index is 6.53. The highest BCUT2D eigenvalue weighted by molar-refractivity contribution is 5.84. The minimum atomic E-state index is -4.81. The molecular formula is C17H29F3O4. The molecule has 0 aliphatic heterocycles. The van der Waals surface area contributed by atoms with E-state index in [4.69, 9.17) is 0 Å². The van der Waals surface area contributed by atoms with Gasteiger partial charge in [0.2, 0.25) is 0 Å². The van der Waals surface area contributed by atoms with Gasteiger partial charge < -0.3 is 10.2 Å². The predicted octanol–water partition coefficient (Wildman–Crippen LogP) is 4.83. The van der Waals surface area contributed by atoms with Gasteiger partial charge in [0.1, 0.15) is 0 Å². The molecule has 24 heavy (non-hydrogen) atoms. The summed E-state index contributed by atoms with van der Waals surface area (Å²) in [5.41, 5.74) is -3.86. The molecule has 0 rings (SSSR count). The third kappa shape index (κ3) is 5.67. The maximum Gasteiger partial charge on any atom is 0.392 e. The summed E-state index contributed by atoms with van der Waals surface area (Å²) in [5.74, 6) is -7.15. The number of aliphatic carboxylic acids is 2. The van der Waals surface area contributed by atoms with Crippen LogP contribution in [-0.2, 0) is 9.59 Å². The molecule has 0 radical (unpaired) electrons. The van der Waals surface area contributed by atoms with Gasteiger partial charge in [-0.25, -0.2) is 0 Å². The summed E-state index contributed by atoms with van der Waals surface area (Å²) >= 11 is 0. The molecule has 0 aromatic heterocycles. The Bertz CT molecular complexity index is 472. The van der Waals surface area contributed by atoms with Gasteiger partial charge in [0, 0.05) is 0 Å². The van der Waals surface area contributed by atoms with Crippen LogP contribution in [0.3, 0.4) is 0 Å². The minimum Gasteiger partial charge on any atom is -0.481 e. The molecule has 0 spiro atoms. The lowest BCUT2D eigenvalue weighted by Crippen LogP contribution is -2.54. The zero-order valence-electron chi connectivity index (χ0n) is 15.4. The zero-order valence-corrected chi connectivity index (χ0v) is 15.4. The summed E-state index contributed by atoms with van der Waals surface area (Å²) < 4.78 is 40.4. The third-order valence-electron chi connectivity index (χ3n) is 4.22. The first-order chi connectivity index (χ1) is 10.3. The standard InChI is InChI=1S/C17H29F3O4/c1-10(17(18,19)20)16(13(23)24,9-15(5,6)7)11(12(21)22)8-14(2,3)4/h10-11H,8-9H2,1-7H3,(H,21,22)(H,23,24). The van der Waals surface area contributed by atoms with Crippen LogP contribution in [0, 0.1) is 28.1 Å². The summed E-state index contributed by atoms with van der Waals surface area (Å²) in [7, 11) is 0. The molecule has 0 aliphatic rings. The molecule has 7 heteroatoms. The van der Waals surface area contributed by atoms with E-state index in [1.165, 1.54) is 0 Å². The van der Waals surface area contributed by atoms with Gasteiger partial charge in [-0.3, -0.25) is 9.59 Å². The minimum absolute atomic E-state index is 0.162. The molecule has 2 N–H and O–H groups in total. The van der Waals surface area contributed by atoms with Crippen molar-refractivity contribution >= 4 is 11.9 Å². The van der Waals surface area contributed by atoms with Gasteiger partial charge in [0.15, 0.2) is 0 Å². The van der Waals surface area contributed by atoms with Crippen molar-refractivity contribution in [2.45, 2.75) is 67.5 Å². The average molecular weight is 354 g/mol. The molecule has 0 bridgehead atoms. The fraction of sp³-hybridized carbons (Fsp3) is 0.882. The Labute approximate surface area is 141 Å². The molecule has 0 fully saturated rings. The SMILES string of the molecule is CC(C(F)(F)F)C(CC(C)(C)C)(C(=O)O)C(CC(C)(C)C)C(=O)O. The number of hydrogen-bond donors (Lipinski definition) is 2. The van der Waals surface area contributed by atoms with Gasteiger partial charge in [-0.2, -0.15) is 13.2 Å². The number of alkyl halides is 3. The second-order valence-electron chi connectivity index (χ2n) is 9.00. The zero-order chi connectivity index (χ0) is 19.7. The van der Waals surface area contributed by atoms with E-state index in [0.29, 0.717) is 0 Å². The van der Waals surface area contributed by atoms with Crippen molar-refractivity contribution in [1.29, 1.82) is 0 Å². The molecule has 0 aliphatic carbocycles. The highest BCUT2D eigenvalue weighted by Gasteiger charge is 2.62. The Hall–Kier alpha value is -1.27. The monoisotopic (exact) mass is 354 g/mol. The summed E-state index contributed by atoms with van der Waals surface area (Å²) in [6.07, 6.45) is -5.36. The first-order valence-corrected chi connectivity index (χ1v) is 7.87. The Morgan fingerprint density at radius 3 is 1.54 bits per heavy atom. The van der Waals surface area contributed by atoms with Crippen LogP contribution in [0.2, 0.25) is 0 Å². The quantitative estimate of drug-likeness (QED) is 0.716. The van der Waals surface area contributed by atoms with Crippen LogP contribution >= 0.6 is 0 Å². The van der Waals surface area contributed by atoms with Crippen LogP contribution in [0.25, 0.3) is 0 Å². The second kappa shape index (κ2) is 6.92. The summed E-state index contributed by atoms with van der Waals surface area (Å²) in [4.78, 5) is 23.9. The van der Waals surface area contributed by atoms with E-state index in [-0.39, 0.29) is 12.8 Å². The second-order valence-corrected chi connectivity index (χ2v) is 9.00. The smallest absolute Gasteiger partial charge is 0.392 e. The number of carbonyl (C=O) groups is 2. The highest BCUT2D eigenvalue weighted by Crippen LogP contribution is 2.53. The largest absolute Gasteiger partial charge is 0.481 e. The fourth-order valence-corrected chi connectivity index (χ4v) is 3.26. The van der Waals surface area contributed by atoms with Gasteiger partial charge in [-0.05, 0) is 23.7 Å². The van der Waals surface area contributed by atoms with Gasteiger partial charge in [-0.15, -0.1) is 0 Å². The van der Waals surface area contributed by atoms with E-state index >= 15 is 0 Å². The van der Waals surface area contributed by atoms with Gasteiger partial charge in [0.05, 0.1) is 17.3 Å². The van der Waals surface area contributed by atoms with Crippen LogP contribution in [0.1, 0.15) is 61.3 Å². The van der Waals surface area contributed by atoms with Crippen LogP contribution in [0.5, 0.6) is 0 Å². The Morgan fingerprint density at radius 2 is 1.33 bits per heavy atom. The maximum atomic E-state index is 13.5. The lowest BCUT2D eigenvalue weighted by atomic mass is 9.57. The number of hydrogen-bond acceptors (Lipinski definition) is 2. The molecule has 0 saturated heterocycles. The van der Waals surface area contributed by atoms with Crippen molar-refractivity contribution in [2.24, 2.45) is 28.1 Å². The molecule has 4 nitrogen and oxygen atoms in total. The van der Waals surface area contributed by atoms with E-state index in [1.807, 2.05) is 0 Å². The molecule has 0 saturated carbocycles. The summed E-state index contributed by atoms with van der Waals surface area (Å²) in [6.45, 7) is 10.7. The molecule has 0 aromatic rings. The average Bonchev–Trinajstić information content (AvgIpc) is 2.28. The van der Waals surface area contributed by atoms with Crippen LogP contribution in [0.4, 0.5) is 13.2 Å². The molecule has 0 aromatic carbocycles. The van der Waals surface area contributed by atoms with Crippen LogP contribution < -0.4 is 0 Å². The summed E-state index contributed by atoms with van der Waals surface area (Å²) in [5, 5.41) is 19.4. The lowest BCUT2D eigenvalue weighted by molar-refractivity contribution is -0.227. The molecule has 0 amide bonds. The van der Waals surface area contributed by atoms with Gasteiger partial charge in [-0.1, -0.05) is 48.5 Å². The van der Waals surface area contributed by atoms with Crippen molar-refractivity contribution in [3.8, 4) is 0 Å². The van der Waals surface area contributed by atoms with Gasteiger partial charge >= 0.3 is 18.1 Å². The molecular weight excluding hydrogens is 325 g/mol. The Morgan fingerprint density at radius 1 is 0.917 bits per heavy atom. The van der Waals surface area contributed by atoms with E-state index in [1.54, 1.807) is 41.5 Å². The first kappa shape index (κ1) is 22.7. The number of carboxylic acids is 2. The van der Waals surface area contributed by atoms with Crippen molar-refractivity contribution in [3.05, 3.63) is 0 Å². The fourth-order valence-electron chi connectivity index (χ4n) is 3.26. The van der Waals surface area contributed by atoms with E-state index in [2.05, 4.69) is 0 Å². The molecule has 3 unspecified atom stereocenters. The third-order valence-corrected chi connectivity index (χ3v) is 4.22. The van der Waals surface area contributed by atoms with E-state index in [0.717, 1.165) is 6.92 Å². The molecule has 0 heterocycles. The van der Waals surface area contributed by atoms with Crippen molar-refractivity contribution in [1.82, 2.24) is 0 Å². The first-order valence-electron chi connectivity index (χ1n) is 7.87. The lowest BCUT2D eigenvalue weighted by Gasteiger charge is -2.45. The van der Waals surface area contributed by atoms with Crippen LogP contribution in [0.15, 0.2) is 0 Å². The molecule has 142 valence electrons. The number of carboxylic acid groups (broad SMARTS) is 2. The van der Waals surface area contributed by atoms with Crippen molar-refractivity contribution < 1.29 is 33.0 Å². The van der Waals surface area contributed by atoms with Crippen LogP contribution in [-0.4, -0.2) is 28.3 Å². The maximum absolute atomic E-state index is 13.5. The summed E-state index contributed by atoms with van der Waals surface area (Å²) in [6, 6.07) is 0. The Kier molecular flexibility index (Phi) is 6.56. The normalized spacial score (nSPS) is 18.6. The predicted molar refractivity (Wildman–Crippen MR) is 84.6 cm³/mol. The number of halogens is 3.